The van der Waals surface area contributed by atoms with E-state index in [1.807, 2.05) is 45.9 Å². The van der Waals surface area contributed by atoms with Crippen LogP contribution in [-0.4, -0.2) is 62.1 Å². The van der Waals surface area contributed by atoms with E-state index in [-0.39, 0.29) is 31.0 Å². The Bertz CT molecular complexity index is 1070. The van der Waals surface area contributed by atoms with Crippen molar-refractivity contribution in [1.82, 2.24) is 9.96 Å². The molecule has 0 unspecified atom stereocenters. The van der Waals surface area contributed by atoms with Crippen LogP contribution >= 0.6 is 0 Å². The van der Waals surface area contributed by atoms with Crippen molar-refractivity contribution >= 4 is 22.3 Å². The molecule has 1 amide bonds. The second-order valence-electron chi connectivity index (χ2n) is 9.96. The zero-order valence-corrected chi connectivity index (χ0v) is 21.6. The third-order valence-electron chi connectivity index (χ3n) is 6.48. The van der Waals surface area contributed by atoms with Crippen LogP contribution in [0.3, 0.4) is 0 Å². The first-order valence-corrected chi connectivity index (χ1v) is 13.0. The number of aryl methyl sites for hydroxylation is 2. The smallest absolute Gasteiger partial charge is 0.421 e. The zero-order valence-electron chi connectivity index (χ0n) is 20.8. The van der Waals surface area contributed by atoms with Gasteiger partial charge in [-0.05, 0) is 56.1 Å². The highest BCUT2D eigenvalue weighted by Crippen LogP contribution is 2.35. The summed E-state index contributed by atoms with van der Waals surface area (Å²) in [6, 6.07) is 4.84. The molecule has 0 saturated carbocycles. The summed E-state index contributed by atoms with van der Waals surface area (Å²) in [4.78, 5) is 25.7. The number of hydroxylamine groups is 2. The van der Waals surface area contributed by atoms with E-state index in [0.29, 0.717) is 37.8 Å². The van der Waals surface area contributed by atoms with Crippen molar-refractivity contribution in [2.75, 3.05) is 19.8 Å². The minimum Gasteiger partial charge on any atom is -0.462 e. The maximum atomic E-state index is 12.5. The topological polar surface area (TPSA) is 128 Å². The van der Waals surface area contributed by atoms with Gasteiger partial charge < -0.3 is 15.4 Å². The number of amides is 1. The molecule has 2 N–H and O–H groups in total. The Morgan fingerprint density at radius 3 is 2.49 bits per heavy atom. The fourth-order valence-corrected chi connectivity index (χ4v) is 5.42. The first kappa shape index (κ1) is 27.0. The second-order valence-corrected chi connectivity index (χ2v) is 11.2. The standard InChI is InChI=1S/C24H35N3O7S/c1-16-8-6-9-17(2)21(16)23(29)32-13-7-12-24(4,5)15-33-35(30,31)34-27-18(3)26-14-19(27)10-11-20(26)22(25)28/h6,8-9,19-20H,3,7,10-15H2,1-2,4-5H3,(H2,25,28)/t19-,20+/m1/s1. The molecule has 194 valence electrons. The van der Waals surface area contributed by atoms with Crippen LogP contribution in [0.2, 0.25) is 0 Å². The number of nitrogens with zero attached hydrogens (tertiary/aromatic N) is 2. The number of piperidine rings is 1. The number of hydrogen-bond acceptors (Lipinski definition) is 9. The number of carbonyl (C=O) groups excluding carboxylic acids is 2. The highest BCUT2D eigenvalue weighted by Gasteiger charge is 2.45. The third-order valence-corrected chi connectivity index (χ3v) is 7.23. The van der Waals surface area contributed by atoms with Gasteiger partial charge in [-0.3, -0.25) is 4.79 Å². The van der Waals surface area contributed by atoms with Crippen LogP contribution in [-0.2, 0) is 28.4 Å². The lowest BCUT2D eigenvalue weighted by Gasteiger charge is -2.29. The fraction of sp³-hybridized carbons (Fsp3) is 0.583. The van der Waals surface area contributed by atoms with Gasteiger partial charge in [0, 0.05) is 6.54 Å². The summed E-state index contributed by atoms with van der Waals surface area (Å²) < 4.78 is 40.8. The summed E-state index contributed by atoms with van der Waals surface area (Å²) >= 11 is 0. The SMILES string of the molecule is C=C1N2C[C@@H](CC[C@H]2C(N)=O)N1OS(=O)(=O)OCC(C)(C)CCCOC(=O)c1c(C)cccc1C. The molecular formula is C24H35N3O7S. The molecule has 2 aliphatic rings. The van der Waals surface area contributed by atoms with E-state index in [1.54, 1.807) is 4.90 Å². The first-order chi connectivity index (χ1) is 16.3. The molecular weight excluding hydrogens is 474 g/mol. The highest BCUT2D eigenvalue weighted by molar-refractivity contribution is 7.81. The number of esters is 1. The van der Waals surface area contributed by atoms with E-state index in [9.17, 15) is 18.0 Å². The van der Waals surface area contributed by atoms with Crippen LogP contribution in [0.25, 0.3) is 0 Å². The lowest BCUT2D eigenvalue weighted by molar-refractivity contribution is -0.123. The highest BCUT2D eigenvalue weighted by atomic mass is 32.3. The Morgan fingerprint density at radius 2 is 1.86 bits per heavy atom. The summed E-state index contributed by atoms with van der Waals surface area (Å²) in [5.74, 6) is -0.573. The summed E-state index contributed by atoms with van der Waals surface area (Å²) in [7, 11) is -4.36. The lowest BCUT2D eigenvalue weighted by atomic mass is 9.89. The number of nitrogens with two attached hydrogens (primary N) is 1. The number of rotatable bonds is 11. The molecule has 0 aliphatic carbocycles. The van der Waals surface area contributed by atoms with Gasteiger partial charge >= 0.3 is 16.4 Å². The van der Waals surface area contributed by atoms with Crippen LogP contribution in [0.1, 0.15) is 61.0 Å². The van der Waals surface area contributed by atoms with Gasteiger partial charge in [-0.15, -0.1) is 4.28 Å². The molecule has 2 saturated heterocycles. The van der Waals surface area contributed by atoms with Crippen molar-refractivity contribution in [2.24, 2.45) is 11.1 Å². The van der Waals surface area contributed by atoms with Gasteiger partial charge in [0.2, 0.25) is 5.91 Å². The van der Waals surface area contributed by atoms with Gasteiger partial charge in [0.15, 0.2) is 0 Å². The number of ether oxygens (including phenoxy) is 1. The molecule has 2 aliphatic heterocycles. The summed E-state index contributed by atoms with van der Waals surface area (Å²) in [6.45, 7) is 11.8. The van der Waals surface area contributed by atoms with Gasteiger partial charge in [-0.2, -0.15) is 8.42 Å². The number of benzene rings is 1. The fourth-order valence-electron chi connectivity index (χ4n) is 4.51. The predicted octanol–water partition coefficient (Wildman–Crippen LogP) is 2.56. The Kier molecular flexibility index (Phi) is 8.13. The molecule has 10 nitrogen and oxygen atoms in total. The van der Waals surface area contributed by atoms with Gasteiger partial charge in [-0.1, -0.05) is 38.6 Å². The number of fused-ring (bicyclic) bond motifs is 2. The van der Waals surface area contributed by atoms with Crippen molar-refractivity contribution < 1.29 is 31.2 Å². The minimum absolute atomic E-state index is 0.112. The Labute approximate surface area is 207 Å². The lowest BCUT2D eigenvalue weighted by Crippen LogP contribution is -2.46. The van der Waals surface area contributed by atoms with Crippen molar-refractivity contribution in [3.8, 4) is 0 Å². The molecule has 2 fully saturated rings. The molecule has 2 heterocycles. The Morgan fingerprint density at radius 1 is 1.20 bits per heavy atom. The van der Waals surface area contributed by atoms with Crippen molar-refractivity contribution in [2.45, 2.75) is 65.5 Å². The molecule has 1 aromatic carbocycles. The molecule has 35 heavy (non-hydrogen) atoms. The second kappa shape index (κ2) is 10.5. The summed E-state index contributed by atoms with van der Waals surface area (Å²) in [5, 5.41) is 1.19. The van der Waals surface area contributed by atoms with E-state index in [1.165, 1.54) is 5.06 Å². The average molecular weight is 510 g/mol. The monoisotopic (exact) mass is 509 g/mol. The molecule has 2 atom stereocenters. The zero-order chi connectivity index (χ0) is 26.0. The molecule has 0 radical (unpaired) electrons. The largest absolute Gasteiger partial charge is 0.462 e. The van der Waals surface area contributed by atoms with Gasteiger partial charge in [0.1, 0.15) is 11.9 Å². The summed E-state index contributed by atoms with van der Waals surface area (Å²) in [6.07, 6.45) is 2.16. The van der Waals surface area contributed by atoms with Crippen molar-refractivity contribution in [1.29, 1.82) is 0 Å². The molecule has 2 bridgehead atoms. The van der Waals surface area contributed by atoms with Crippen LogP contribution < -0.4 is 5.73 Å². The molecule has 0 spiro atoms. The normalized spacial score (nSPS) is 20.3. The number of primary amides is 1. The van der Waals surface area contributed by atoms with Gasteiger partial charge in [0.05, 0.1) is 24.8 Å². The number of hydrogen-bond donors (Lipinski definition) is 1. The van der Waals surface area contributed by atoms with E-state index in [4.69, 9.17) is 18.9 Å². The van der Waals surface area contributed by atoms with Crippen LogP contribution in [0.5, 0.6) is 0 Å². The minimum atomic E-state index is -4.36. The third kappa shape index (κ3) is 6.53. The van der Waals surface area contributed by atoms with Crippen molar-refractivity contribution in [3.63, 3.8) is 0 Å². The Balaban J connectivity index is 1.45. The van der Waals surface area contributed by atoms with E-state index >= 15 is 0 Å². The quantitative estimate of drug-likeness (QED) is 0.353. The maximum absolute atomic E-state index is 12.5. The molecule has 11 heteroatoms. The number of carbonyl (C=O) groups is 2. The first-order valence-electron chi connectivity index (χ1n) is 11.7. The molecule has 3 rings (SSSR count). The maximum Gasteiger partial charge on any atom is 0.421 e. The van der Waals surface area contributed by atoms with Crippen molar-refractivity contribution in [3.05, 3.63) is 47.3 Å². The van der Waals surface area contributed by atoms with Crippen LogP contribution in [0, 0.1) is 19.3 Å². The predicted molar refractivity (Wildman–Crippen MR) is 129 cm³/mol. The summed E-state index contributed by atoms with van der Waals surface area (Å²) in [5.41, 5.74) is 7.22. The van der Waals surface area contributed by atoms with Gasteiger partial charge in [0.25, 0.3) is 0 Å². The van der Waals surface area contributed by atoms with E-state index in [2.05, 4.69) is 6.58 Å². The van der Waals surface area contributed by atoms with E-state index < -0.39 is 27.8 Å². The van der Waals surface area contributed by atoms with E-state index in [0.717, 1.165) is 11.1 Å². The average Bonchev–Trinajstić information content (AvgIpc) is 2.99. The molecule has 1 aromatic rings. The van der Waals surface area contributed by atoms with Crippen LogP contribution in [0.4, 0.5) is 0 Å². The van der Waals surface area contributed by atoms with Gasteiger partial charge in [-0.25, -0.2) is 14.0 Å². The molecule has 0 aromatic heterocycles. The van der Waals surface area contributed by atoms with Crippen LogP contribution in [0.15, 0.2) is 30.6 Å². The Hall–Kier alpha value is -2.63.